The smallest absolute Gasteiger partial charge is 0.233 e. The maximum absolute atomic E-state index is 6.15. The molecule has 0 amide bonds. The van der Waals surface area contributed by atoms with Crippen LogP contribution in [0.4, 0.5) is 23.5 Å². The number of hydrogen-bond donors (Lipinski definition) is 2. The first-order valence-corrected chi connectivity index (χ1v) is 6.06. The van der Waals surface area contributed by atoms with Gasteiger partial charge in [0.1, 0.15) is 0 Å². The van der Waals surface area contributed by atoms with E-state index in [2.05, 4.69) is 20.3 Å². The average Bonchev–Trinajstić information content (AvgIpc) is 2.33. The van der Waals surface area contributed by atoms with Crippen LogP contribution >= 0.6 is 11.6 Å². The summed E-state index contributed by atoms with van der Waals surface area (Å²) in [5.74, 6) is 1.01. The third kappa shape index (κ3) is 3.03. The molecular formula is C12H15ClN6. The number of nitrogens with two attached hydrogens (primary N) is 1. The van der Waals surface area contributed by atoms with Crippen LogP contribution < -0.4 is 16.0 Å². The molecule has 1 aromatic heterocycles. The Kier molecular flexibility index (Phi) is 3.71. The Morgan fingerprint density at radius 3 is 2.58 bits per heavy atom. The minimum atomic E-state index is 0.158. The Bertz CT molecular complexity index is 579. The lowest BCUT2D eigenvalue weighted by Crippen LogP contribution is -2.15. The van der Waals surface area contributed by atoms with Crippen molar-refractivity contribution in [3.63, 3.8) is 0 Å². The number of nitrogens with one attached hydrogen (secondary N) is 1. The zero-order valence-electron chi connectivity index (χ0n) is 11.0. The van der Waals surface area contributed by atoms with E-state index >= 15 is 0 Å². The molecule has 0 fully saturated rings. The molecule has 6 nitrogen and oxygen atoms in total. The van der Waals surface area contributed by atoms with Crippen LogP contribution in [0.2, 0.25) is 5.02 Å². The number of rotatable bonds is 3. The van der Waals surface area contributed by atoms with Crippen molar-refractivity contribution in [2.75, 3.05) is 30.0 Å². The molecule has 0 radical (unpaired) electrons. The highest BCUT2D eigenvalue weighted by Crippen LogP contribution is 2.27. The van der Waals surface area contributed by atoms with Crippen LogP contribution in [0, 0.1) is 6.92 Å². The molecule has 0 aliphatic rings. The number of nitrogen functional groups attached to an aromatic ring is 1. The topological polar surface area (TPSA) is 80.0 Å². The fourth-order valence-corrected chi connectivity index (χ4v) is 1.81. The van der Waals surface area contributed by atoms with Crippen molar-refractivity contribution in [3.05, 3.63) is 28.8 Å². The van der Waals surface area contributed by atoms with Crippen LogP contribution in [0.25, 0.3) is 0 Å². The number of nitrogens with zero attached hydrogens (tertiary/aromatic N) is 4. The molecular weight excluding hydrogens is 264 g/mol. The average molecular weight is 279 g/mol. The predicted octanol–water partition coefficient (Wildman–Crippen LogP) is 2.23. The number of hydrogen-bond acceptors (Lipinski definition) is 6. The summed E-state index contributed by atoms with van der Waals surface area (Å²) in [4.78, 5) is 14.1. The van der Waals surface area contributed by atoms with Crippen LogP contribution in [0.15, 0.2) is 18.2 Å². The van der Waals surface area contributed by atoms with Gasteiger partial charge in [0.15, 0.2) is 0 Å². The van der Waals surface area contributed by atoms with Crippen LogP contribution in [-0.4, -0.2) is 29.0 Å². The van der Waals surface area contributed by atoms with Gasteiger partial charge < -0.3 is 16.0 Å². The van der Waals surface area contributed by atoms with Crippen molar-refractivity contribution in [3.8, 4) is 0 Å². The van der Waals surface area contributed by atoms with E-state index in [-0.39, 0.29) is 5.95 Å². The van der Waals surface area contributed by atoms with Gasteiger partial charge in [0.2, 0.25) is 17.8 Å². The highest BCUT2D eigenvalue weighted by Gasteiger charge is 2.09. The molecule has 0 bridgehead atoms. The second kappa shape index (κ2) is 5.27. The Morgan fingerprint density at radius 2 is 1.95 bits per heavy atom. The second-order valence-electron chi connectivity index (χ2n) is 4.27. The van der Waals surface area contributed by atoms with Crippen molar-refractivity contribution in [1.82, 2.24) is 15.0 Å². The third-order valence-corrected chi connectivity index (χ3v) is 2.81. The molecule has 0 saturated heterocycles. The number of anilines is 4. The first-order valence-electron chi connectivity index (χ1n) is 5.68. The molecule has 0 saturated carbocycles. The highest BCUT2D eigenvalue weighted by atomic mass is 35.5. The number of aromatic nitrogens is 3. The molecule has 100 valence electrons. The van der Waals surface area contributed by atoms with Crippen LogP contribution in [0.3, 0.4) is 0 Å². The number of aryl methyl sites for hydroxylation is 1. The van der Waals surface area contributed by atoms with Gasteiger partial charge in [-0.05, 0) is 18.6 Å². The Balaban J connectivity index is 2.38. The summed E-state index contributed by atoms with van der Waals surface area (Å²) in [5, 5.41) is 3.68. The third-order valence-electron chi connectivity index (χ3n) is 2.50. The molecule has 0 aliphatic heterocycles. The van der Waals surface area contributed by atoms with Crippen LogP contribution in [-0.2, 0) is 0 Å². The van der Waals surface area contributed by atoms with E-state index in [0.717, 1.165) is 11.3 Å². The van der Waals surface area contributed by atoms with Gasteiger partial charge in [-0.3, -0.25) is 0 Å². The molecule has 0 spiro atoms. The van der Waals surface area contributed by atoms with Crippen molar-refractivity contribution >= 4 is 35.1 Å². The van der Waals surface area contributed by atoms with E-state index in [1.165, 1.54) is 0 Å². The van der Waals surface area contributed by atoms with Crippen LogP contribution in [0.5, 0.6) is 0 Å². The van der Waals surface area contributed by atoms with E-state index < -0.39 is 0 Å². The molecule has 3 N–H and O–H groups in total. The summed E-state index contributed by atoms with van der Waals surface area (Å²) in [6.45, 7) is 1.95. The lowest BCUT2D eigenvalue weighted by Gasteiger charge is -2.13. The van der Waals surface area contributed by atoms with Gasteiger partial charge >= 0.3 is 0 Å². The molecule has 2 aromatic rings. The molecule has 1 heterocycles. The Morgan fingerprint density at radius 1 is 1.21 bits per heavy atom. The van der Waals surface area contributed by atoms with Gasteiger partial charge in [-0.15, -0.1) is 0 Å². The predicted molar refractivity (Wildman–Crippen MR) is 78.0 cm³/mol. The second-order valence-corrected chi connectivity index (χ2v) is 4.68. The van der Waals surface area contributed by atoms with E-state index in [9.17, 15) is 0 Å². The molecule has 2 rings (SSSR count). The molecule has 7 heteroatoms. The van der Waals surface area contributed by atoms with Gasteiger partial charge in [0.05, 0.1) is 10.7 Å². The summed E-state index contributed by atoms with van der Waals surface area (Å²) in [5.41, 5.74) is 7.43. The SMILES string of the molecule is Cc1cccc(Cl)c1Nc1nc(N)nc(N(C)C)n1. The summed E-state index contributed by atoms with van der Waals surface area (Å²) in [6.07, 6.45) is 0. The molecule has 0 unspecified atom stereocenters. The summed E-state index contributed by atoms with van der Waals surface area (Å²) < 4.78 is 0. The largest absolute Gasteiger partial charge is 0.368 e. The molecule has 1 aromatic carbocycles. The number of para-hydroxylation sites is 1. The van der Waals surface area contributed by atoms with Crippen molar-refractivity contribution in [2.24, 2.45) is 0 Å². The normalized spacial score (nSPS) is 10.3. The first-order chi connectivity index (χ1) is 8.97. The lowest BCUT2D eigenvalue weighted by atomic mass is 10.2. The molecule has 19 heavy (non-hydrogen) atoms. The maximum Gasteiger partial charge on any atom is 0.233 e. The van der Waals surface area contributed by atoms with E-state index in [1.807, 2.05) is 33.2 Å². The van der Waals surface area contributed by atoms with Gasteiger partial charge in [-0.25, -0.2) is 0 Å². The van der Waals surface area contributed by atoms with Gasteiger partial charge in [0, 0.05) is 14.1 Å². The van der Waals surface area contributed by atoms with Crippen molar-refractivity contribution in [1.29, 1.82) is 0 Å². The molecule has 0 aliphatic carbocycles. The summed E-state index contributed by atoms with van der Waals surface area (Å²) >= 11 is 6.15. The van der Waals surface area contributed by atoms with E-state index in [4.69, 9.17) is 17.3 Å². The minimum Gasteiger partial charge on any atom is -0.368 e. The first kappa shape index (κ1) is 13.4. The highest BCUT2D eigenvalue weighted by molar-refractivity contribution is 6.33. The fourth-order valence-electron chi connectivity index (χ4n) is 1.54. The maximum atomic E-state index is 6.15. The molecule has 0 atom stereocenters. The zero-order valence-corrected chi connectivity index (χ0v) is 11.7. The fraction of sp³-hybridized carbons (Fsp3) is 0.250. The quantitative estimate of drug-likeness (QED) is 0.896. The number of benzene rings is 1. The van der Waals surface area contributed by atoms with E-state index in [0.29, 0.717) is 16.9 Å². The zero-order chi connectivity index (χ0) is 14.0. The van der Waals surface area contributed by atoms with Gasteiger partial charge in [0.25, 0.3) is 0 Å². The Hall–Kier alpha value is -2.08. The van der Waals surface area contributed by atoms with Crippen LogP contribution in [0.1, 0.15) is 5.56 Å². The van der Waals surface area contributed by atoms with Crippen molar-refractivity contribution < 1.29 is 0 Å². The summed E-state index contributed by atoms with van der Waals surface area (Å²) in [6, 6.07) is 5.63. The van der Waals surface area contributed by atoms with Crippen molar-refractivity contribution in [2.45, 2.75) is 6.92 Å². The summed E-state index contributed by atoms with van der Waals surface area (Å²) in [7, 11) is 3.67. The van der Waals surface area contributed by atoms with Gasteiger partial charge in [-0.1, -0.05) is 23.7 Å². The lowest BCUT2D eigenvalue weighted by molar-refractivity contribution is 0.969. The van der Waals surface area contributed by atoms with E-state index in [1.54, 1.807) is 11.0 Å². The van der Waals surface area contributed by atoms with Gasteiger partial charge in [-0.2, -0.15) is 15.0 Å². The Labute approximate surface area is 116 Å². The number of halogens is 1. The monoisotopic (exact) mass is 278 g/mol. The standard InChI is InChI=1S/C12H15ClN6/c1-7-5-4-6-8(13)9(7)15-11-16-10(14)17-12(18-11)19(2)3/h4-6H,1-3H3,(H3,14,15,16,17,18). The minimum absolute atomic E-state index is 0.158.